The highest BCUT2D eigenvalue weighted by atomic mass is 32.2. The largest absolute Gasteiger partial charge is 0.457 e. The number of hydrogen-bond acceptors (Lipinski definition) is 12. The van der Waals surface area contributed by atoms with Gasteiger partial charge in [-0.25, -0.2) is 9.80 Å². The van der Waals surface area contributed by atoms with E-state index in [4.69, 9.17) is 18.9 Å². The zero-order chi connectivity index (χ0) is 75.4. The fourth-order valence-electron chi connectivity index (χ4n) is 19.1. The van der Waals surface area contributed by atoms with Crippen LogP contribution >= 0.6 is 0 Å². The molecule has 16 nitrogen and oxygen atoms in total. The van der Waals surface area contributed by atoms with E-state index in [9.17, 15) is 25.9 Å². The van der Waals surface area contributed by atoms with Gasteiger partial charge in [-0.1, -0.05) is 201 Å². The summed E-state index contributed by atoms with van der Waals surface area (Å²) in [6.07, 6.45) is 28.8. The van der Waals surface area contributed by atoms with Crippen LogP contribution in [0.2, 0.25) is 0 Å². The Morgan fingerprint density at radius 3 is 0.782 bits per heavy atom. The number of hydrogen-bond donors (Lipinski definition) is 2. The van der Waals surface area contributed by atoms with Crippen LogP contribution in [0.3, 0.4) is 0 Å². The first-order valence-electron chi connectivity index (χ1n) is 39.8. The fourth-order valence-corrected chi connectivity index (χ4v) is 20.1. The van der Waals surface area contributed by atoms with Crippen molar-refractivity contribution in [2.75, 3.05) is 9.80 Å². The Morgan fingerprint density at radius 1 is 0.291 bits per heavy atom. The summed E-state index contributed by atoms with van der Waals surface area (Å²) in [5.74, 6) is 0.524. The van der Waals surface area contributed by atoms with Gasteiger partial charge in [-0.05, 0) is 194 Å². The van der Waals surface area contributed by atoms with Crippen LogP contribution in [0, 0.1) is 23.7 Å². The zero-order valence-corrected chi connectivity index (χ0v) is 63.4. The van der Waals surface area contributed by atoms with E-state index < -0.39 is 53.7 Å². The fraction of sp³-hybridized carbons (Fsp3) is 0.348. The summed E-state index contributed by atoms with van der Waals surface area (Å²) in [6.45, 7) is 0. The van der Waals surface area contributed by atoms with Crippen LogP contribution in [-0.4, -0.2) is 49.6 Å². The van der Waals surface area contributed by atoms with E-state index in [1.165, 1.54) is 84.0 Å². The molecule has 4 aliphatic carbocycles. The van der Waals surface area contributed by atoms with Gasteiger partial charge in [-0.15, -0.1) is 0 Å². The van der Waals surface area contributed by atoms with E-state index in [1.54, 1.807) is 48.5 Å². The molecule has 18 heteroatoms. The van der Waals surface area contributed by atoms with Crippen molar-refractivity contribution in [2.24, 2.45) is 23.7 Å². The predicted molar refractivity (Wildman–Crippen MR) is 428 cm³/mol. The minimum Gasteiger partial charge on any atom is -0.457 e. The molecule has 564 valence electrons. The molecule has 0 unspecified atom stereocenters. The maximum atomic E-state index is 16.9. The van der Waals surface area contributed by atoms with Gasteiger partial charge < -0.3 is 18.9 Å². The van der Waals surface area contributed by atoms with Crippen molar-refractivity contribution in [1.29, 1.82) is 0 Å². The van der Waals surface area contributed by atoms with Gasteiger partial charge in [0.2, 0.25) is 0 Å². The highest BCUT2D eigenvalue weighted by molar-refractivity contribution is 7.86. The van der Waals surface area contributed by atoms with Crippen molar-refractivity contribution in [2.45, 2.75) is 190 Å². The SMILES string of the molecule is O=C1c2cc(Oc3ccccc3)c3c4c(Oc5ccc(S(=O)(=O)O)cc5)cc5c6c(cc(Oc7ccc(S(=O)(=O)O)cc7)c(c7c(Oc8ccccc8)cc(c2c37)C(=O)N1c1c(CCC2CCCCC2)cccc1CCC1CCCCC1)c64)C(=O)N(c1c(CCC2CCCCC2)cccc1CCC1CCCCC1)C5=O. The van der Waals surface area contributed by atoms with E-state index >= 15 is 19.2 Å². The maximum absolute atomic E-state index is 16.9. The average Bonchev–Trinajstić information content (AvgIpc) is 0.670. The molecule has 6 aliphatic rings. The van der Waals surface area contributed by atoms with Gasteiger partial charge in [0.15, 0.2) is 0 Å². The number of carbonyl (C=O) groups is 4. The third-order valence-electron chi connectivity index (χ3n) is 24.6. The van der Waals surface area contributed by atoms with Crippen molar-refractivity contribution in [3.8, 4) is 46.0 Å². The summed E-state index contributed by atoms with van der Waals surface area (Å²) in [4.78, 5) is 69.6. The topological polar surface area (TPSA) is 220 Å². The molecule has 4 amide bonds. The minimum atomic E-state index is -4.71. The lowest BCUT2D eigenvalue weighted by Crippen LogP contribution is -2.42. The monoisotopic (exact) mass is 1510 g/mol. The van der Waals surface area contributed by atoms with Crippen LogP contribution in [0.25, 0.3) is 43.1 Å². The summed E-state index contributed by atoms with van der Waals surface area (Å²) in [5.41, 5.74) is 4.99. The van der Waals surface area contributed by atoms with Gasteiger partial charge in [0.05, 0.1) is 43.4 Å². The minimum absolute atomic E-state index is 0.000835. The third kappa shape index (κ3) is 14.3. The Morgan fingerprint density at radius 2 is 0.536 bits per heavy atom. The third-order valence-corrected chi connectivity index (χ3v) is 26.3. The Bertz CT molecular complexity index is 5300. The number of nitrogens with zero attached hydrogens (tertiary/aromatic N) is 2. The molecule has 0 atom stereocenters. The van der Waals surface area contributed by atoms with Gasteiger partial charge in [0.1, 0.15) is 46.0 Å². The number of amides is 4. The van der Waals surface area contributed by atoms with E-state index in [0.717, 1.165) is 151 Å². The van der Waals surface area contributed by atoms with Gasteiger partial charge in [-0.2, -0.15) is 16.8 Å². The first-order valence-corrected chi connectivity index (χ1v) is 42.7. The first kappa shape index (κ1) is 72.9. The molecule has 0 spiro atoms. The summed E-state index contributed by atoms with van der Waals surface area (Å²) in [5, 5.41) is 1.91. The average molecular weight is 1510 g/mol. The maximum Gasteiger partial charge on any atom is 0.294 e. The lowest BCUT2D eigenvalue weighted by Gasteiger charge is -2.34. The molecule has 0 bridgehead atoms. The number of imide groups is 2. The highest BCUT2D eigenvalue weighted by Crippen LogP contribution is 2.59. The van der Waals surface area contributed by atoms with Crippen LogP contribution in [0.15, 0.2) is 180 Å². The molecular formula is C92H90N2O14S2. The highest BCUT2D eigenvalue weighted by Gasteiger charge is 2.44. The molecular weight excluding hydrogens is 1420 g/mol. The molecule has 2 aliphatic heterocycles. The second kappa shape index (κ2) is 30.7. The van der Waals surface area contributed by atoms with E-state index in [-0.39, 0.29) is 99.8 Å². The number of para-hydroxylation sites is 4. The summed E-state index contributed by atoms with van der Waals surface area (Å²) < 4.78 is 101. The summed E-state index contributed by atoms with van der Waals surface area (Å²) >= 11 is 0. The predicted octanol–water partition coefficient (Wildman–Crippen LogP) is 23.1. The lowest BCUT2D eigenvalue weighted by atomic mass is 9.80. The van der Waals surface area contributed by atoms with Crippen molar-refractivity contribution in [3.05, 3.63) is 214 Å². The number of benzene rings is 11. The van der Waals surface area contributed by atoms with Crippen molar-refractivity contribution >= 4 is 98.3 Å². The number of anilines is 2. The van der Waals surface area contributed by atoms with Gasteiger partial charge in [0, 0.05) is 43.1 Å². The molecule has 2 heterocycles. The normalized spacial score (nSPS) is 17.1. The number of aryl methyl sites for hydroxylation is 4. The van der Waals surface area contributed by atoms with Crippen LogP contribution in [0.1, 0.15) is 218 Å². The van der Waals surface area contributed by atoms with Crippen molar-refractivity contribution < 1.29 is 64.1 Å². The lowest BCUT2D eigenvalue weighted by molar-refractivity contribution is 0.0877. The molecule has 11 aromatic rings. The van der Waals surface area contributed by atoms with Crippen LogP contribution < -0.4 is 28.7 Å². The molecule has 0 aromatic heterocycles. The second-order valence-electron chi connectivity index (χ2n) is 31.5. The number of ether oxygens (including phenoxy) is 4. The van der Waals surface area contributed by atoms with Gasteiger partial charge in [-0.3, -0.25) is 28.3 Å². The Hall–Kier alpha value is -9.98. The van der Waals surface area contributed by atoms with E-state index in [0.29, 0.717) is 72.2 Å². The van der Waals surface area contributed by atoms with Gasteiger partial charge in [0.25, 0.3) is 43.9 Å². The molecule has 0 radical (unpaired) electrons. The smallest absolute Gasteiger partial charge is 0.294 e. The molecule has 2 N–H and O–H groups in total. The van der Waals surface area contributed by atoms with Crippen LogP contribution in [-0.2, 0) is 45.9 Å². The summed E-state index contributed by atoms with van der Waals surface area (Å²) in [7, 11) is -9.42. The van der Waals surface area contributed by atoms with Gasteiger partial charge >= 0.3 is 0 Å². The molecule has 4 saturated carbocycles. The van der Waals surface area contributed by atoms with Crippen LogP contribution in [0.5, 0.6) is 46.0 Å². The molecule has 4 fully saturated rings. The molecule has 17 rings (SSSR count). The first-order chi connectivity index (χ1) is 53.5. The quantitative estimate of drug-likeness (QED) is 0.0249. The zero-order valence-electron chi connectivity index (χ0n) is 61.8. The molecule has 110 heavy (non-hydrogen) atoms. The number of carbonyl (C=O) groups excluding carboxylic acids is 4. The molecule has 0 saturated heterocycles. The number of fused-ring (bicyclic) bond motifs is 2. The standard InChI is InChI=1S/C92H90N2O14S2/c95-89-71-53-75(105-65-33-15-5-16-34-65)81-83-77(107-67-45-49-69(50-46-67)109(99,100)101)55-73-80-74(92(98)94(91(73)97)88-63(43-39-59-25-11-3-12-26-59)31-20-32-64(88)44-40-60-27-13-4-14-28-60)56-78(108-68-47-51-70(52-48-68)110(102,103)104)84(86(80)83)82-76(106-66-35-17-6-18-36-66)54-72(79(71)85(81)82)90(96)93(89)87-61(41-37-57-21-7-1-8-22-57)29-19-30-62(87)42-38-58-23-9-2-10-24-58/h5-6,15-20,29-36,45-60H,1-4,7-14,21-28,37-44H2,(H,99,100,101)(H,102,103,104). The Labute approximate surface area is 641 Å². The molecule has 11 aromatic carbocycles. The Balaban J connectivity index is 0.973. The van der Waals surface area contributed by atoms with Crippen LogP contribution in [0.4, 0.5) is 11.4 Å². The van der Waals surface area contributed by atoms with E-state index in [2.05, 4.69) is 18.2 Å². The Kier molecular flexibility index (Phi) is 20.3. The number of rotatable bonds is 24. The van der Waals surface area contributed by atoms with Crippen molar-refractivity contribution in [3.63, 3.8) is 0 Å². The van der Waals surface area contributed by atoms with E-state index in [1.807, 2.05) is 54.6 Å². The summed E-state index contributed by atoms with van der Waals surface area (Å²) in [6, 6.07) is 47.3. The van der Waals surface area contributed by atoms with Crippen molar-refractivity contribution in [1.82, 2.24) is 0 Å². The second-order valence-corrected chi connectivity index (χ2v) is 34.4.